The zero-order chi connectivity index (χ0) is 13.7. The van der Waals surface area contributed by atoms with Crippen molar-refractivity contribution in [3.8, 4) is 10.7 Å². The van der Waals surface area contributed by atoms with Crippen LogP contribution in [-0.2, 0) is 0 Å². The van der Waals surface area contributed by atoms with Crippen molar-refractivity contribution >= 4 is 28.1 Å². The number of aromatic amines is 1. The van der Waals surface area contributed by atoms with E-state index >= 15 is 0 Å². The van der Waals surface area contributed by atoms with Crippen molar-refractivity contribution in [1.82, 2.24) is 15.0 Å². The number of anilines is 1. The van der Waals surface area contributed by atoms with Crippen molar-refractivity contribution in [1.29, 1.82) is 0 Å². The van der Waals surface area contributed by atoms with Crippen LogP contribution in [0.3, 0.4) is 0 Å². The number of hydrogen-bond donors (Lipinski definition) is 1. The van der Waals surface area contributed by atoms with Crippen molar-refractivity contribution in [2.75, 3.05) is 19.0 Å². The van der Waals surface area contributed by atoms with Gasteiger partial charge < -0.3 is 9.88 Å². The summed E-state index contributed by atoms with van der Waals surface area (Å²) in [4.78, 5) is 15.9. The number of hydrogen-bond acceptors (Lipinski definition) is 4. The maximum Gasteiger partial charge on any atom is 0.139 e. The smallest absolute Gasteiger partial charge is 0.139 e. The van der Waals surface area contributed by atoms with Crippen LogP contribution >= 0.6 is 11.3 Å². The van der Waals surface area contributed by atoms with E-state index in [1.807, 2.05) is 18.5 Å². The molecule has 3 heterocycles. The normalized spacial score (nSPS) is 14.9. The quantitative estimate of drug-likeness (QED) is 0.798. The van der Waals surface area contributed by atoms with Crippen LogP contribution in [0.25, 0.3) is 21.7 Å². The first-order chi connectivity index (χ1) is 9.72. The van der Waals surface area contributed by atoms with Gasteiger partial charge in [0, 0.05) is 42.4 Å². The molecule has 0 aromatic carbocycles. The molecule has 20 heavy (non-hydrogen) atoms. The molecular formula is C15H16N4S. The third-order valence-corrected chi connectivity index (χ3v) is 4.92. The summed E-state index contributed by atoms with van der Waals surface area (Å²) < 4.78 is 0. The van der Waals surface area contributed by atoms with Gasteiger partial charge in [-0.15, -0.1) is 11.3 Å². The van der Waals surface area contributed by atoms with Crippen LogP contribution in [-0.4, -0.2) is 29.0 Å². The van der Waals surface area contributed by atoms with E-state index in [1.54, 1.807) is 11.3 Å². The maximum atomic E-state index is 4.56. The Morgan fingerprint density at radius 2 is 2.15 bits per heavy atom. The first-order valence-electron chi connectivity index (χ1n) is 6.83. The van der Waals surface area contributed by atoms with Gasteiger partial charge in [-0.1, -0.05) is 0 Å². The van der Waals surface area contributed by atoms with Gasteiger partial charge in [-0.25, -0.2) is 9.97 Å². The highest BCUT2D eigenvalue weighted by molar-refractivity contribution is 7.15. The van der Waals surface area contributed by atoms with Gasteiger partial charge >= 0.3 is 0 Å². The molecule has 0 unspecified atom stereocenters. The number of rotatable bonds is 3. The Hall–Kier alpha value is -1.88. The Morgan fingerprint density at radius 3 is 2.90 bits per heavy atom. The summed E-state index contributed by atoms with van der Waals surface area (Å²) in [5, 5.41) is 2.21. The minimum Gasteiger partial charge on any atom is -0.377 e. The maximum absolute atomic E-state index is 4.56. The lowest BCUT2D eigenvalue weighted by atomic mass is 10.2. The van der Waals surface area contributed by atoms with E-state index in [0.29, 0.717) is 0 Å². The average molecular weight is 284 g/mol. The van der Waals surface area contributed by atoms with Gasteiger partial charge in [0.15, 0.2) is 0 Å². The van der Waals surface area contributed by atoms with Crippen LogP contribution in [0, 0.1) is 0 Å². The van der Waals surface area contributed by atoms with E-state index in [2.05, 4.69) is 40.0 Å². The van der Waals surface area contributed by atoms with Crippen LogP contribution in [0.1, 0.15) is 23.6 Å². The SMILES string of the molecule is CN(C)c1ccnc2[nH]c(-c3ncc(C4CC4)s3)cc12. The molecule has 0 spiro atoms. The van der Waals surface area contributed by atoms with Crippen molar-refractivity contribution in [2.45, 2.75) is 18.8 Å². The van der Waals surface area contributed by atoms with Gasteiger partial charge in [-0.05, 0) is 30.9 Å². The molecule has 0 atom stereocenters. The fraction of sp³-hybridized carbons (Fsp3) is 0.333. The second-order valence-electron chi connectivity index (χ2n) is 5.51. The van der Waals surface area contributed by atoms with Crippen LogP contribution < -0.4 is 4.90 Å². The van der Waals surface area contributed by atoms with Crippen molar-refractivity contribution in [2.24, 2.45) is 0 Å². The number of aromatic nitrogens is 3. The molecule has 1 aliphatic rings. The minimum atomic E-state index is 0.765. The lowest BCUT2D eigenvalue weighted by Gasteiger charge is -2.12. The second kappa shape index (κ2) is 4.31. The zero-order valence-electron chi connectivity index (χ0n) is 11.6. The summed E-state index contributed by atoms with van der Waals surface area (Å²) in [5.74, 6) is 0.765. The first kappa shape index (κ1) is 11.9. The largest absolute Gasteiger partial charge is 0.377 e. The summed E-state index contributed by atoms with van der Waals surface area (Å²) >= 11 is 1.80. The number of H-pyrrole nitrogens is 1. The average Bonchev–Trinajstić information content (AvgIpc) is 3.02. The van der Waals surface area contributed by atoms with E-state index in [1.165, 1.54) is 23.4 Å². The van der Waals surface area contributed by atoms with Gasteiger partial charge in [-0.3, -0.25) is 0 Å². The predicted octanol–water partition coefficient (Wildman–Crippen LogP) is 3.63. The molecule has 5 heteroatoms. The number of nitrogens with one attached hydrogen (secondary N) is 1. The molecule has 0 bridgehead atoms. The van der Waals surface area contributed by atoms with Gasteiger partial charge in [0.25, 0.3) is 0 Å². The Bertz CT molecular complexity index is 767. The molecule has 3 aromatic heterocycles. The standard InChI is InChI=1S/C15H16N4S/c1-19(2)12-5-6-16-14-10(12)7-11(18-14)15-17-8-13(20-15)9-3-4-9/h5-9H,3-4H2,1-2H3,(H,16,18). The number of thiazole rings is 1. The number of fused-ring (bicyclic) bond motifs is 1. The first-order valence-corrected chi connectivity index (χ1v) is 7.65. The van der Waals surface area contributed by atoms with E-state index < -0.39 is 0 Å². The molecular weight excluding hydrogens is 268 g/mol. The van der Waals surface area contributed by atoms with E-state index in [0.717, 1.165) is 27.7 Å². The van der Waals surface area contributed by atoms with Crippen LogP contribution in [0.4, 0.5) is 5.69 Å². The Balaban J connectivity index is 1.81. The predicted molar refractivity (Wildman–Crippen MR) is 83.5 cm³/mol. The summed E-state index contributed by atoms with van der Waals surface area (Å²) in [5.41, 5.74) is 3.17. The lowest BCUT2D eigenvalue weighted by molar-refractivity contribution is 1.14. The van der Waals surface area contributed by atoms with Crippen molar-refractivity contribution in [3.63, 3.8) is 0 Å². The van der Waals surface area contributed by atoms with Crippen LogP contribution in [0.2, 0.25) is 0 Å². The lowest BCUT2D eigenvalue weighted by Crippen LogP contribution is -2.08. The van der Waals surface area contributed by atoms with Gasteiger partial charge in [0.2, 0.25) is 0 Å². The fourth-order valence-corrected chi connectivity index (χ4v) is 3.54. The second-order valence-corrected chi connectivity index (χ2v) is 6.57. The molecule has 102 valence electrons. The Labute approximate surface area is 121 Å². The molecule has 4 rings (SSSR count). The third-order valence-electron chi connectivity index (χ3n) is 3.72. The van der Waals surface area contributed by atoms with E-state index in [-0.39, 0.29) is 0 Å². The summed E-state index contributed by atoms with van der Waals surface area (Å²) in [6.45, 7) is 0. The topological polar surface area (TPSA) is 44.8 Å². The number of pyridine rings is 1. The van der Waals surface area contributed by atoms with E-state index in [9.17, 15) is 0 Å². The van der Waals surface area contributed by atoms with Gasteiger partial charge in [0.1, 0.15) is 10.7 Å². The summed E-state index contributed by atoms with van der Waals surface area (Å²) in [6, 6.07) is 4.20. The monoisotopic (exact) mass is 284 g/mol. The molecule has 1 fully saturated rings. The molecule has 4 nitrogen and oxygen atoms in total. The molecule has 0 amide bonds. The molecule has 0 aliphatic heterocycles. The van der Waals surface area contributed by atoms with Crippen LogP contribution in [0.15, 0.2) is 24.5 Å². The summed E-state index contributed by atoms with van der Waals surface area (Å²) in [6.07, 6.45) is 6.51. The Morgan fingerprint density at radius 1 is 1.30 bits per heavy atom. The minimum absolute atomic E-state index is 0.765. The fourth-order valence-electron chi connectivity index (χ4n) is 2.49. The molecule has 0 radical (unpaired) electrons. The molecule has 0 saturated heterocycles. The third kappa shape index (κ3) is 1.89. The van der Waals surface area contributed by atoms with Crippen LogP contribution in [0.5, 0.6) is 0 Å². The molecule has 1 N–H and O–H groups in total. The van der Waals surface area contributed by atoms with Crippen molar-refractivity contribution < 1.29 is 0 Å². The highest BCUT2D eigenvalue weighted by atomic mass is 32.1. The van der Waals surface area contributed by atoms with E-state index in [4.69, 9.17) is 0 Å². The summed E-state index contributed by atoms with van der Waals surface area (Å²) in [7, 11) is 4.10. The highest BCUT2D eigenvalue weighted by Gasteiger charge is 2.26. The molecule has 3 aromatic rings. The highest BCUT2D eigenvalue weighted by Crippen LogP contribution is 2.44. The van der Waals surface area contributed by atoms with Gasteiger partial charge in [0.05, 0.1) is 5.69 Å². The Kier molecular flexibility index (Phi) is 2.57. The van der Waals surface area contributed by atoms with Crippen molar-refractivity contribution in [3.05, 3.63) is 29.4 Å². The zero-order valence-corrected chi connectivity index (χ0v) is 12.4. The molecule has 1 saturated carbocycles. The van der Waals surface area contributed by atoms with Gasteiger partial charge in [-0.2, -0.15) is 0 Å². The number of nitrogens with zero attached hydrogens (tertiary/aromatic N) is 3. The molecule has 1 aliphatic carbocycles.